The summed E-state index contributed by atoms with van der Waals surface area (Å²) in [5.74, 6) is 0.750. The molecule has 0 aliphatic carbocycles. The zero-order chi connectivity index (χ0) is 14.7. The van der Waals surface area contributed by atoms with Gasteiger partial charge in [0, 0.05) is 25.7 Å². The molecule has 0 fully saturated rings. The van der Waals surface area contributed by atoms with Crippen LogP contribution in [0.4, 0.5) is 4.39 Å². The van der Waals surface area contributed by atoms with Crippen molar-refractivity contribution < 1.29 is 4.39 Å². The zero-order valence-electron chi connectivity index (χ0n) is 11.9. The van der Waals surface area contributed by atoms with Crippen LogP contribution in [0.15, 0.2) is 42.6 Å². The van der Waals surface area contributed by atoms with E-state index in [1.54, 1.807) is 6.07 Å². The second kappa shape index (κ2) is 6.01. The summed E-state index contributed by atoms with van der Waals surface area (Å²) in [6, 6.07) is 10.7. The number of hydrogen-bond donors (Lipinski definition) is 1. The first-order valence-electron chi connectivity index (χ1n) is 6.98. The van der Waals surface area contributed by atoms with Crippen LogP contribution in [0.5, 0.6) is 0 Å². The number of rotatable bonds is 5. The largest absolute Gasteiger partial charge is 0.312 e. The number of hydrogen-bond acceptors (Lipinski definition) is 3. The molecule has 2 heterocycles. The molecule has 0 spiro atoms. The second-order valence-corrected chi connectivity index (χ2v) is 5.04. The number of aromatic nitrogens is 3. The first-order chi connectivity index (χ1) is 10.2. The molecule has 0 aliphatic heterocycles. The highest BCUT2D eigenvalue weighted by Crippen LogP contribution is 2.09. The maximum atomic E-state index is 13.0. The Labute approximate surface area is 122 Å². The van der Waals surface area contributed by atoms with Gasteiger partial charge in [-0.2, -0.15) is 0 Å². The van der Waals surface area contributed by atoms with Crippen molar-refractivity contribution in [2.75, 3.05) is 6.54 Å². The van der Waals surface area contributed by atoms with E-state index in [2.05, 4.69) is 15.5 Å². The fourth-order valence-electron chi connectivity index (χ4n) is 2.34. The summed E-state index contributed by atoms with van der Waals surface area (Å²) in [5, 5.41) is 11.7. The topological polar surface area (TPSA) is 42.2 Å². The van der Waals surface area contributed by atoms with E-state index < -0.39 is 0 Å². The minimum atomic E-state index is -0.189. The Morgan fingerprint density at radius 1 is 1.19 bits per heavy atom. The molecule has 0 amide bonds. The monoisotopic (exact) mass is 284 g/mol. The lowest BCUT2D eigenvalue weighted by Crippen LogP contribution is -2.18. The Morgan fingerprint density at radius 2 is 2.10 bits per heavy atom. The summed E-state index contributed by atoms with van der Waals surface area (Å²) < 4.78 is 15.0. The van der Waals surface area contributed by atoms with Crippen molar-refractivity contribution in [3.63, 3.8) is 0 Å². The highest BCUT2D eigenvalue weighted by atomic mass is 19.1. The molecule has 0 unspecified atom stereocenters. The van der Waals surface area contributed by atoms with Crippen molar-refractivity contribution in [3.05, 3.63) is 65.4 Å². The van der Waals surface area contributed by atoms with E-state index in [9.17, 15) is 4.39 Å². The number of pyridine rings is 1. The van der Waals surface area contributed by atoms with Crippen molar-refractivity contribution in [1.29, 1.82) is 0 Å². The lowest BCUT2D eigenvalue weighted by molar-refractivity contribution is 0.622. The van der Waals surface area contributed by atoms with Gasteiger partial charge in [0.15, 0.2) is 5.65 Å². The fourth-order valence-corrected chi connectivity index (χ4v) is 2.34. The minimum Gasteiger partial charge on any atom is -0.312 e. The van der Waals surface area contributed by atoms with Crippen LogP contribution in [0, 0.1) is 12.7 Å². The molecule has 108 valence electrons. The number of benzene rings is 1. The first kappa shape index (κ1) is 13.7. The Balaban J connectivity index is 1.57. The Hall–Kier alpha value is -2.27. The van der Waals surface area contributed by atoms with Gasteiger partial charge in [0.2, 0.25) is 0 Å². The molecular formula is C16H17FN4. The van der Waals surface area contributed by atoms with Gasteiger partial charge in [0.25, 0.3) is 0 Å². The lowest BCUT2D eigenvalue weighted by Gasteiger charge is -2.07. The third-order valence-electron chi connectivity index (χ3n) is 3.53. The maximum absolute atomic E-state index is 13.0. The molecule has 1 N–H and O–H groups in total. The Bertz CT molecular complexity index is 751. The molecule has 0 bridgehead atoms. The third kappa shape index (κ3) is 3.08. The summed E-state index contributed by atoms with van der Waals surface area (Å²) in [6.07, 6.45) is 2.76. The summed E-state index contributed by atoms with van der Waals surface area (Å²) in [5.41, 5.74) is 2.94. The molecule has 1 aromatic carbocycles. The van der Waals surface area contributed by atoms with Crippen molar-refractivity contribution in [2.45, 2.75) is 19.9 Å². The molecule has 0 atom stereocenters. The van der Waals surface area contributed by atoms with Crippen LogP contribution < -0.4 is 5.32 Å². The average Bonchev–Trinajstić information content (AvgIpc) is 2.89. The quantitative estimate of drug-likeness (QED) is 0.732. The Morgan fingerprint density at radius 3 is 2.95 bits per heavy atom. The number of nitrogens with one attached hydrogen (secondary N) is 1. The van der Waals surface area contributed by atoms with Gasteiger partial charge in [0.1, 0.15) is 11.6 Å². The molecule has 21 heavy (non-hydrogen) atoms. The summed E-state index contributed by atoms with van der Waals surface area (Å²) in [4.78, 5) is 0. The van der Waals surface area contributed by atoms with E-state index in [-0.39, 0.29) is 5.82 Å². The van der Waals surface area contributed by atoms with Crippen molar-refractivity contribution >= 4 is 5.65 Å². The van der Waals surface area contributed by atoms with Crippen LogP contribution in [-0.4, -0.2) is 21.1 Å². The van der Waals surface area contributed by atoms with Gasteiger partial charge in [-0.25, -0.2) is 4.39 Å². The van der Waals surface area contributed by atoms with Gasteiger partial charge in [0.05, 0.1) is 0 Å². The summed E-state index contributed by atoms with van der Waals surface area (Å²) in [7, 11) is 0. The molecule has 5 heteroatoms. The molecular weight excluding hydrogens is 267 g/mol. The van der Waals surface area contributed by atoms with Crippen LogP contribution in [0.25, 0.3) is 5.65 Å². The van der Waals surface area contributed by atoms with Crippen LogP contribution in [0.3, 0.4) is 0 Å². The average molecular weight is 284 g/mol. The van der Waals surface area contributed by atoms with E-state index >= 15 is 0 Å². The maximum Gasteiger partial charge on any atom is 0.160 e. The molecule has 3 aromatic rings. The van der Waals surface area contributed by atoms with Crippen molar-refractivity contribution in [2.24, 2.45) is 0 Å². The van der Waals surface area contributed by atoms with Gasteiger partial charge in [-0.1, -0.05) is 12.1 Å². The van der Waals surface area contributed by atoms with Crippen LogP contribution >= 0.6 is 0 Å². The van der Waals surface area contributed by atoms with E-state index in [1.165, 1.54) is 6.07 Å². The zero-order valence-corrected chi connectivity index (χ0v) is 11.9. The molecule has 0 radical (unpaired) electrons. The molecule has 4 nitrogen and oxygen atoms in total. The normalized spacial score (nSPS) is 11.1. The predicted octanol–water partition coefficient (Wildman–Crippen LogP) is 2.51. The SMILES string of the molecule is Cc1cc(F)ccc1CNCCc1nnc2ccccn12. The number of fused-ring (bicyclic) bond motifs is 1. The van der Waals surface area contributed by atoms with Crippen molar-refractivity contribution in [3.8, 4) is 0 Å². The third-order valence-corrected chi connectivity index (χ3v) is 3.53. The Kier molecular flexibility index (Phi) is 3.92. The fraction of sp³-hybridized carbons (Fsp3) is 0.250. The number of halogens is 1. The second-order valence-electron chi connectivity index (χ2n) is 5.04. The van der Waals surface area contributed by atoms with E-state index in [0.29, 0.717) is 0 Å². The summed E-state index contributed by atoms with van der Waals surface area (Å²) >= 11 is 0. The van der Waals surface area contributed by atoms with Gasteiger partial charge in [-0.3, -0.25) is 4.40 Å². The van der Waals surface area contributed by atoms with E-state index in [4.69, 9.17) is 0 Å². The van der Waals surface area contributed by atoms with Gasteiger partial charge >= 0.3 is 0 Å². The number of nitrogens with zero attached hydrogens (tertiary/aromatic N) is 3. The highest BCUT2D eigenvalue weighted by molar-refractivity contribution is 5.37. The molecule has 3 rings (SSSR count). The van der Waals surface area contributed by atoms with Crippen LogP contribution in [-0.2, 0) is 13.0 Å². The molecule has 0 saturated carbocycles. The van der Waals surface area contributed by atoms with Gasteiger partial charge in [-0.05, 0) is 42.3 Å². The first-order valence-corrected chi connectivity index (χ1v) is 6.98. The minimum absolute atomic E-state index is 0.189. The van der Waals surface area contributed by atoms with Gasteiger partial charge < -0.3 is 5.32 Å². The smallest absolute Gasteiger partial charge is 0.160 e. The van der Waals surface area contributed by atoms with Gasteiger partial charge in [-0.15, -0.1) is 10.2 Å². The highest BCUT2D eigenvalue weighted by Gasteiger charge is 2.04. The summed E-state index contributed by atoms with van der Waals surface area (Å²) in [6.45, 7) is 3.45. The molecule has 0 saturated heterocycles. The number of aryl methyl sites for hydroxylation is 1. The predicted molar refractivity (Wildman–Crippen MR) is 79.5 cm³/mol. The van der Waals surface area contributed by atoms with Crippen LogP contribution in [0.2, 0.25) is 0 Å². The standard InChI is InChI=1S/C16H17FN4/c1-12-10-14(17)6-5-13(12)11-18-8-7-16-20-19-15-4-2-3-9-21(15)16/h2-6,9-10,18H,7-8,11H2,1H3. The van der Waals surface area contributed by atoms with E-state index in [1.807, 2.05) is 41.8 Å². The van der Waals surface area contributed by atoms with Crippen LogP contribution in [0.1, 0.15) is 17.0 Å². The van der Waals surface area contributed by atoms with E-state index in [0.717, 1.165) is 42.1 Å². The van der Waals surface area contributed by atoms with Crippen molar-refractivity contribution in [1.82, 2.24) is 19.9 Å². The molecule has 2 aromatic heterocycles. The lowest BCUT2D eigenvalue weighted by atomic mass is 10.1. The molecule has 0 aliphatic rings.